The van der Waals surface area contributed by atoms with E-state index in [0.717, 1.165) is 64.2 Å². The monoisotopic (exact) mass is 321 g/mol. The van der Waals surface area contributed by atoms with Crippen molar-refractivity contribution in [2.45, 2.75) is 45.1 Å². The van der Waals surface area contributed by atoms with E-state index in [9.17, 15) is 4.79 Å². The Morgan fingerprint density at radius 2 is 2.22 bits per heavy atom. The van der Waals surface area contributed by atoms with E-state index in [1.165, 1.54) is 0 Å². The maximum atomic E-state index is 12.5. The molecule has 0 aliphatic carbocycles. The quantitative estimate of drug-likeness (QED) is 0.782. The van der Waals surface area contributed by atoms with Crippen molar-refractivity contribution < 1.29 is 18.7 Å². The van der Waals surface area contributed by atoms with Crippen molar-refractivity contribution in [3.63, 3.8) is 0 Å². The second-order valence-electron chi connectivity index (χ2n) is 6.61. The van der Waals surface area contributed by atoms with Crippen LogP contribution in [0.4, 0.5) is 0 Å². The summed E-state index contributed by atoms with van der Waals surface area (Å²) in [7, 11) is 0. The van der Waals surface area contributed by atoms with Gasteiger partial charge in [0.1, 0.15) is 0 Å². The number of piperidine rings is 1. The number of hydrogen-bond acceptors (Lipinski definition) is 4. The Morgan fingerprint density at radius 1 is 1.43 bits per heavy atom. The molecule has 2 fully saturated rings. The first kappa shape index (κ1) is 16.5. The normalized spacial score (nSPS) is 23.6. The van der Waals surface area contributed by atoms with E-state index in [0.29, 0.717) is 11.7 Å². The molecule has 0 bridgehead atoms. The highest BCUT2D eigenvalue weighted by Crippen LogP contribution is 2.42. The molecule has 0 unspecified atom stereocenters. The summed E-state index contributed by atoms with van der Waals surface area (Å²) < 4.78 is 17.0. The number of carbonyl (C=O) groups is 1. The van der Waals surface area contributed by atoms with Crippen molar-refractivity contribution in [3.8, 4) is 0 Å². The zero-order chi connectivity index (χ0) is 16.3. The van der Waals surface area contributed by atoms with Crippen molar-refractivity contribution in [3.05, 3.63) is 23.7 Å². The van der Waals surface area contributed by atoms with Crippen LogP contribution in [0.5, 0.6) is 0 Å². The van der Waals surface area contributed by atoms with Gasteiger partial charge in [-0.25, -0.2) is 0 Å². The van der Waals surface area contributed by atoms with Gasteiger partial charge < -0.3 is 18.8 Å². The maximum absolute atomic E-state index is 12.5. The van der Waals surface area contributed by atoms with E-state index < -0.39 is 0 Å². The predicted octanol–water partition coefficient (Wildman–Crippen LogP) is 3.03. The van der Waals surface area contributed by atoms with Gasteiger partial charge in [0.2, 0.25) is 0 Å². The minimum absolute atomic E-state index is 0.00575. The molecule has 1 atom stereocenters. The van der Waals surface area contributed by atoms with E-state index in [2.05, 4.69) is 0 Å². The lowest BCUT2D eigenvalue weighted by Crippen LogP contribution is -2.49. The van der Waals surface area contributed by atoms with Gasteiger partial charge in [0, 0.05) is 38.5 Å². The van der Waals surface area contributed by atoms with Crippen molar-refractivity contribution in [2.75, 3.05) is 32.9 Å². The van der Waals surface area contributed by atoms with Crippen LogP contribution in [0.25, 0.3) is 0 Å². The summed E-state index contributed by atoms with van der Waals surface area (Å²) in [6.45, 7) is 7.83. The van der Waals surface area contributed by atoms with Crippen LogP contribution in [0.3, 0.4) is 0 Å². The smallest absolute Gasteiger partial charge is 0.289 e. The summed E-state index contributed by atoms with van der Waals surface area (Å²) in [6, 6.07) is 1.84. The lowest BCUT2D eigenvalue weighted by atomic mass is 9.78. The van der Waals surface area contributed by atoms with E-state index in [4.69, 9.17) is 13.9 Å². The maximum Gasteiger partial charge on any atom is 0.289 e. The van der Waals surface area contributed by atoms with Crippen LogP contribution in [0.15, 0.2) is 16.7 Å². The third-order valence-electron chi connectivity index (χ3n) is 5.37. The molecule has 5 heteroatoms. The van der Waals surface area contributed by atoms with Gasteiger partial charge in [-0.05, 0) is 51.5 Å². The lowest BCUT2D eigenvalue weighted by molar-refractivity contribution is -0.0672. The molecule has 23 heavy (non-hydrogen) atoms. The van der Waals surface area contributed by atoms with Gasteiger partial charge >= 0.3 is 0 Å². The third-order valence-corrected chi connectivity index (χ3v) is 5.37. The number of carbonyl (C=O) groups excluding carboxylic acids is 1. The van der Waals surface area contributed by atoms with E-state index in [1.807, 2.05) is 24.8 Å². The molecular weight excluding hydrogens is 294 g/mol. The zero-order valence-electron chi connectivity index (χ0n) is 14.2. The molecule has 1 amide bonds. The number of amides is 1. The summed E-state index contributed by atoms with van der Waals surface area (Å²) in [6.07, 6.45) is 5.57. The molecule has 0 aromatic carbocycles. The van der Waals surface area contributed by atoms with Crippen LogP contribution in [-0.2, 0) is 9.47 Å². The van der Waals surface area contributed by atoms with Crippen LogP contribution in [0, 0.1) is 12.8 Å². The topological polar surface area (TPSA) is 51.9 Å². The Balaban J connectivity index is 1.59. The van der Waals surface area contributed by atoms with Crippen molar-refractivity contribution in [1.82, 2.24) is 4.90 Å². The average Bonchev–Trinajstić information content (AvgIpc) is 3.15. The molecule has 0 N–H and O–H groups in total. The fraction of sp³-hybridized carbons (Fsp3) is 0.722. The number of furan rings is 1. The van der Waals surface area contributed by atoms with Gasteiger partial charge in [0.15, 0.2) is 5.76 Å². The van der Waals surface area contributed by atoms with Gasteiger partial charge in [-0.2, -0.15) is 0 Å². The second-order valence-corrected chi connectivity index (χ2v) is 6.61. The first-order valence-electron chi connectivity index (χ1n) is 8.71. The molecule has 128 valence electrons. The number of ether oxygens (including phenoxy) is 2. The van der Waals surface area contributed by atoms with Crippen LogP contribution in [-0.4, -0.2) is 49.3 Å². The van der Waals surface area contributed by atoms with E-state index in [-0.39, 0.29) is 11.5 Å². The average molecular weight is 321 g/mol. The summed E-state index contributed by atoms with van der Waals surface area (Å²) in [5.74, 6) is 1.03. The van der Waals surface area contributed by atoms with Crippen LogP contribution in [0.2, 0.25) is 0 Å². The minimum atomic E-state index is -0.0495. The molecule has 0 saturated carbocycles. The summed E-state index contributed by atoms with van der Waals surface area (Å²) in [5.41, 5.74) is 0.855. The van der Waals surface area contributed by atoms with Crippen molar-refractivity contribution in [1.29, 1.82) is 0 Å². The van der Waals surface area contributed by atoms with Gasteiger partial charge in [-0.1, -0.05) is 0 Å². The van der Waals surface area contributed by atoms with Crippen LogP contribution in [0.1, 0.15) is 48.7 Å². The predicted molar refractivity (Wildman–Crippen MR) is 86.5 cm³/mol. The van der Waals surface area contributed by atoms with Crippen LogP contribution >= 0.6 is 0 Å². The number of rotatable bonds is 5. The molecule has 5 nitrogen and oxygen atoms in total. The van der Waals surface area contributed by atoms with E-state index in [1.54, 1.807) is 6.26 Å². The van der Waals surface area contributed by atoms with Crippen molar-refractivity contribution >= 4 is 5.91 Å². The number of likely N-dealkylation sites (tertiary alicyclic amines) is 1. The number of nitrogens with zero attached hydrogens (tertiary/aromatic N) is 1. The molecule has 2 aliphatic rings. The summed E-state index contributed by atoms with van der Waals surface area (Å²) in [5, 5.41) is 0. The summed E-state index contributed by atoms with van der Waals surface area (Å²) in [4.78, 5) is 14.4. The Bertz CT molecular complexity index is 531. The van der Waals surface area contributed by atoms with Gasteiger partial charge in [-0.3, -0.25) is 4.79 Å². The van der Waals surface area contributed by atoms with E-state index >= 15 is 0 Å². The highest BCUT2D eigenvalue weighted by atomic mass is 16.5. The zero-order valence-corrected chi connectivity index (χ0v) is 14.2. The molecule has 3 heterocycles. The first-order chi connectivity index (χ1) is 11.2. The highest BCUT2D eigenvalue weighted by molar-refractivity contribution is 5.92. The highest BCUT2D eigenvalue weighted by Gasteiger charge is 2.46. The number of hydrogen-bond donors (Lipinski definition) is 0. The molecule has 1 aromatic rings. The van der Waals surface area contributed by atoms with Crippen molar-refractivity contribution in [2.24, 2.45) is 5.92 Å². The lowest BCUT2D eigenvalue weighted by Gasteiger charge is -2.42. The molecule has 1 aromatic heterocycles. The Morgan fingerprint density at radius 3 is 2.87 bits per heavy atom. The first-order valence-corrected chi connectivity index (χ1v) is 8.71. The third kappa shape index (κ3) is 3.31. The van der Waals surface area contributed by atoms with Gasteiger partial charge in [-0.15, -0.1) is 0 Å². The molecular formula is C18H27NO4. The Labute approximate surface area is 137 Å². The second kappa shape index (κ2) is 7.05. The molecule has 0 radical (unpaired) electrons. The molecule has 2 saturated heterocycles. The Kier molecular flexibility index (Phi) is 5.07. The Hall–Kier alpha value is -1.33. The fourth-order valence-corrected chi connectivity index (χ4v) is 3.94. The summed E-state index contributed by atoms with van der Waals surface area (Å²) >= 11 is 0. The van der Waals surface area contributed by atoms with Gasteiger partial charge in [0.25, 0.3) is 5.91 Å². The fourth-order valence-electron chi connectivity index (χ4n) is 3.94. The number of aryl methyl sites for hydroxylation is 1. The molecule has 3 rings (SSSR count). The SMILES string of the molecule is CCOCC[C@H]1CCOC12CCN(C(=O)c1occc1C)CC2. The minimum Gasteiger partial charge on any atom is -0.459 e. The largest absolute Gasteiger partial charge is 0.459 e. The van der Waals surface area contributed by atoms with Crippen LogP contribution < -0.4 is 0 Å². The van der Waals surface area contributed by atoms with Gasteiger partial charge in [0.05, 0.1) is 11.9 Å². The molecule has 1 spiro atoms. The standard InChI is InChI=1S/C18H27NO4/c1-3-21-11-5-15-6-13-23-18(15)7-9-19(10-8-18)17(20)16-14(2)4-12-22-16/h4,12,15H,3,5-11,13H2,1-2H3/t15-/m0/s1. The molecule has 2 aliphatic heterocycles.